The van der Waals surface area contributed by atoms with Crippen LogP contribution in [0.2, 0.25) is 0 Å². The van der Waals surface area contributed by atoms with Crippen molar-refractivity contribution in [2.24, 2.45) is 0 Å². The van der Waals surface area contributed by atoms with Crippen molar-refractivity contribution in [3.05, 3.63) is 47.5 Å². The van der Waals surface area contributed by atoms with E-state index in [-0.39, 0.29) is 18.4 Å². The van der Waals surface area contributed by atoms with Gasteiger partial charge in [0.05, 0.1) is 11.9 Å². The molecule has 0 spiro atoms. The lowest BCUT2D eigenvalue weighted by atomic mass is 10.1. The highest BCUT2D eigenvalue weighted by atomic mass is 19.4. The van der Waals surface area contributed by atoms with Crippen molar-refractivity contribution in [2.45, 2.75) is 32.1 Å². The van der Waals surface area contributed by atoms with Crippen LogP contribution in [-0.2, 0) is 0 Å². The lowest BCUT2D eigenvalue weighted by Crippen LogP contribution is -2.57. The molecule has 2 aromatic rings. The summed E-state index contributed by atoms with van der Waals surface area (Å²) in [6, 6.07) is 4.09. The molecule has 154 valence electrons. The number of piperazine rings is 1. The largest absolute Gasteiger partial charge is 0.405 e. The first-order valence-corrected chi connectivity index (χ1v) is 9.32. The van der Waals surface area contributed by atoms with Crippen LogP contribution in [0, 0.1) is 12.7 Å². The third-order valence-electron chi connectivity index (χ3n) is 5.17. The summed E-state index contributed by atoms with van der Waals surface area (Å²) >= 11 is 0. The summed E-state index contributed by atoms with van der Waals surface area (Å²) in [5, 5.41) is 10.4. The Balaban J connectivity index is 1.70. The van der Waals surface area contributed by atoms with Crippen molar-refractivity contribution in [3.8, 4) is 5.69 Å². The van der Waals surface area contributed by atoms with Gasteiger partial charge in [0.15, 0.2) is 0 Å². The Hall–Kier alpha value is -1.97. The fraction of sp³-hybridized carbons (Fsp3) is 0.526. The molecule has 0 aliphatic carbocycles. The lowest BCUT2D eigenvalue weighted by molar-refractivity contribution is -0.184. The summed E-state index contributed by atoms with van der Waals surface area (Å²) in [5.41, 5.74) is 2.31. The van der Waals surface area contributed by atoms with Crippen molar-refractivity contribution in [3.63, 3.8) is 0 Å². The molecule has 1 fully saturated rings. The number of nitrogens with one attached hydrogen (secondary N) is 2. The Morgan fingerprint density at radius 2 is 1.82 bits per heavy atom. The Kier molecular flexibility index (Phi) is 6.36. The third-order valence-corrected chi connectivity index (χ3v) is 5.17. The summed E-state index contributed by atoms with van der Waals surface area (Å²) in [6.07, 6.45) is -2.65. The molecule has 2 heterocycles. The second-order valence-electron chi connectivity index (χ2n) is 7.05. The molecule has 28 heavy (non-hydrogen) atoms. The highest BCUT2D eigenvalue weighted by Crippen LogP contribution is 2.26. The summed E-state index contributed by atoms with van der Waals surface area (Å²) in [7, 11) is 0. The Morgan fingerprint density at radius 3 is 2.43 bits per heavy atom. The summed E-state index contributed by atoms with van der Waals surface area (Å²) in [5.74, 6) is -0.338. The van der Waals surface area contributed by atoms with E-state index in [9.17, 15) is 17.6 Å². The second-order valence-corrected chi connectivity index (χ2v) is 7.05. The molecular weight excluding hydrogens is 374 g/mol. The molecule has 1 aromatic carbocycles. The lowest BCUT2D eigenvalue weighted by Gasteiger charge is -2.36. The Morgan fingerprint density at radius 1 is 1.18 bits per heavy atom. The van der Waals surface area contributed by atoms with E-state index < -0.39 is 12.2 Å². The van der Waals surface area contributed by atoms with Gasteiger partial charge in [-0.15, -0.1) is 0 Å². The van der Waals surface area contributed by atoms with Gasteiger partial charge in [0.25, 0.3) is 0 Å². The maximum absolute atomic E-state index is 13.5. The molecule has 0 saturated carbocycles. The number of alkyl halides is 3. The highest BCUT2D eigenvalue weighted by Gasteiger charge is 2.43. The van der Waals surface area contributed by atoms with Gasteiger partial charge in [-0.1, -0.05) is 0 Å². The van der Waals surface area contributed by atoms with E-state index in [4.69, 9.17) is 0 Å². The van der Waals surface area contributed by atoms with Gasteiger partial charge in [-0.05, 0) is 38.1 Å². The first-order chi connectivity index (χ1) is 13.3. The standard InChI is InChI=1S/C19H25F4N5/c1-13(25-12-18(19(21,22)23)27-9-7-24-8-10-27)17-11-26-28(14(17)2)16-5-3-15(20)4-6-16/h3-6,11,13,18,24-25H,7-10,12H2,1-2H3. The highest BCUT2D eigenvalue weighted by molar-refractivity contribution is 5.35. The van der Waals surface area contributed by atoms with Crippen LogP contribution in [-0.4, -0.2) is 59.6 Å². The molecule has 0 amide bonds. The Bertz CT molecular complexity index is 766. The molecule has 2 N–H and O–H groups in total. The number of aromatic nitrogens is 2. The van der Waals surface area contributed by atoms with E-state index in [1.807, 2.05) is 13.8 Å². The fourth-order valence-electron chi connectivity index (χ4n) is 3.53. The quantitative estimate of drug-likeness (QED) is 0.734. The third kappa shape index (κ3) is 4.71. The number of rotatable bonds is 6. The van der Waals surface area contributed by atoms with Gasteiger partial charge in [0, 0.05) is 50.0 Å². The summed E-state index contributed by atoms with van der Waals surface area (Å²) in [4.78, 5) is 1.48. The van der Waals surface area contributed by atoms with E-state index in [0.29, 0.717) is 31.9 Å². The molecule has 2 unspecified atom stereocenters. The number of benzene rings is 1. The molecule has 1 saturated heterocycles. The number of hydrogen-bond donors (Lipinski definition) is 2. The van der Waals surface area contributed by atoms with Crippen LogP contribution in [0.25, 0.3) is 5.69 Å². The predicted molar refractivity (Wildman–Crippen MR) is 99.0 cm³/mol. The smallest absolute Gasteiger partial charge is 0.314 e. The van der Waals surface area contributed by atoms with E-state index in [1.165, 1.54) is 17.0 Å². The zero-order chi connectivity index (χ0) is 20.3. The Labute approximate surface area is 161 Å². The number of hydrogen-bond acceptors (Lipinski definition) is 4. The molecule has 3 rings (SSSR count). The van der Waals surface area contributed by atoms with Crippen LogP contribution in [0.3, 0.4) is 0 Å². The van der Waals surface area contributed by atoms with Crippen LogP contribution >= 0.6 is 0 Å². The van der Waals surface area contributed by atoms with E-state index in [2.05, 4.69) is 15.7 Å². The minimum Gasteiger partial charge on any atom is -0.314 e. The van der Waals surface area contributed by atoms with Crippen molar-refractivity contribution in [1.29, 1.82) is 0 Å². The number of halogens is 4. The zero-order valence-corrected chi connectivity index (χ0v) is 15.9. The maximum Gasteiger partial charge on any atom is 0.405 e. The minimum absolute atomic E-state index is 0.189. The molecule has 0 bridgehead atoms. The van der Waals surface area contributed by atoms with E-state index >= 15 is 0 Å². The van der Waals surface area contributed by atoms with Crippen molar-refractivity contribution >= 4 is 0 Å². The van der Waals surface area contributed by atoms with Crippen LogP contribution in [0.4, 0.5) is 17.6 Å². The zero-order valence-electron chi connectivity index (χ0n) is 15.9. The molecule has 1 aliphatic heterocycles. The van der Waals surface area contributed by atoms with Crippen LogP contribution in [0.15, 0.2) is 30.5 Å². The summed E-state index contributed by atoms with van der Waals surface area (Å²) in [6.45, 7) is 5.36. The van der Waals surface area contributed by atoms with Crippen molar-refractivity contribution in [2.75, 3.05) is 32.7 Å². The molecule has 9 heteroatoms. The van der Waals surface area contributed by atoms with E-state index in [0.717, 1.165) is 11.3 Å². The van der Waals surface area contributed by atoms with Gasteiger partial charge in [0.1, 0.15) is 11.9 Å². The normalized spacial score (nSPS) is 18.2. The molecule has 0 radical (unpaired) electrons. The molecule has 1 aromatic heterocycles. The van der Waals surface area contributed by atoms with Crippen LogP contribution in [0.5, 0.6) is 0 Å². The average molecular weight is 399 g/mol. The second kappa shape index (κ2) is 8.59. The topological polar surface area (TPSA) is 45.1 Å². The van der Waals surface area contributed by atoms with Crippen molar-refractivity contribution < 1.29 is 17.6 Å². The van der Waals surface area contributed by atoms with Crippen molar-refractivity contribution in [1.82, 2.24) is 25.3 Å². The van der Waals surface area contributed by atoms with Gasteiger partial charge < -0.3 is 10.6 Å². The first kappa shape index (κ1) is 20.8. The predicted octanol–water partition coefficient (Wildman–Crippen LogP) is 2.81. The van der Waals surface area contributed by atoms with Gasteiger partial charge in [-0.3, -0.25) is 4.90 Å². The van der Waals surface area contributed by atoms with Gasteiger partial charge >= 0.3 is 6.18 Å². The average Bonchev–Trinajstić information content (AvgIpc) is 3.04. The molecule has 1 aliphatic rings. The van der Waals surface area contributed by atoms with Crippen LogP contribution in [0.1, 0.15) is 24.2 Å². The first-order valence-electron chi connectivity index (χ1n) is 9.32. The molecule has 5 nitrogen and oxygen atoms in total. The molecule has 2 atom stereocenters. The SMILES string of the molecule is Cc1c(C(C)NCC(N2CCNCC2)C(F)(F)F)cnn1-c1ccc(F)cc1. The fourth-order valence-corrected chi connectivity index (χ4v) is 3.53. The summed E-state index contributed by atoms with van der Waals surface area (Å²) < 4.78 is 55.4. The van der Waals surface area contributed by atoms with Crippen LogP contribution < -0.4 is 10.6 Å². The van der Waals surface area contributed by atoms with E-state index in [1.54, 1.807) is 23.0 Å². The number of nitrogens with zero attached hydrogens (tertiary/aromatic N) is 3. The molecular formula is C19H25F4N5. The van der Waals surface area contributed by atoms with Gasteiger partial charge in [0.2, 0.25) is 0 Å². The maximum atomic E-state index is 13.5. The monoisotopic (exact) mass is 399 g/mol. The minimum atomic E-state index is -4.29. The van der Waals surface area contributed by atoms with Gasteiger partial charge in [-0.25, -0.2) is 9.07 Å². The van der Waals surface area contributed by atoms with Gasteiger partial charge in [-0.2, -0.15) is 18.3 Å².